The summed E-state index contributed by atoms with van der Waals surface area (Å²) in [6, 6.07) is 4.83. The molecule has 0 aliphatic carbocycles. The van der Waals surface area contributed by atoms with E-state index < -0.39 is 28.4 Å². The molecule has 0 amide bonds. The van der Waals surface area contributed by atoms with E-state index in [1.54, 1.807) is 0 Å². The van der Waals surface area contributed by atoms with E-state index in [4.69, 9.17) is 4.74 Å². The highest BCUT2D eigenvalue weighted by atomic mass is 19.4. The summed E-state index contributed by atoms with van der Waals surface area (Å²) < 4.78 is 55.4. The third-order valence-corrected chi connectivity index (χ3v) is 2.40. The number of non-ortho nitro benzene ring substituents is 1. The van der Waals surface area contributed by atoms with Gasteiger partial charge in [-0.2, -0.15) is 13.2 Å². The van der Waals surface area contributed by atoms with Crippen LogP contribution in [0.3, 0.4) is 0 Å². The molecule has 0 atom stereocenters. The van der Waals surface area contributed by atoms with E-state index in [1.165, 1.54) is 12.1 Å². The van der Waals surface area contributed by atoms with E-state index >= 15 is 0 Å². The molecule has 1 aromatic heterocycles. The van der Waals surface area contributed by atoms with Gasteiger partial charge in [0, 0.05) is 18.3 Å². The van der Waals surface area contributed by atoms with Gasteiger partial charge in [-0.15, -0.1) is 0 Å². The van der Waals surface area contributed by atoms with Crippen LogP contribution >= 0.6 is 0 Å². The Balaban J connectivity index is 2.22. The molecule has 0 radical (unpaired) electrons. The molecule has 0 fully saturated rings. The summed E-state index contributed by atoms with van der Waals surface area (Å²) in [5.74, 6) is -1.94. The highest BCUT2D eigenvalue weighted by Crippen LogP contribution is 2.32. The Morgan fingerprint density at radius 2 is 1.81 bits per heavy atom. The van der Waals surface area contributed by atoms with E-state index in [9.17, 15) is 27.7 Å². The lowest BCUT2D eigenvalue weighted by Crippen LogP contribution is -2.06. The molecule has 0 N–H and O–H groups in total. The summed E-state index contributed by atoms with van der Waals surface area (Å²) in [6.45, 7) is 0. The number of rotatable bonds is 3. The van der Waals surface area contributed by atoms with E-state index in [0.29, 0.717) is 6.20 Å². The first-order valence-electron chi connectivity index (χ1n) is 5.42. The number of alkyl halides is 3. The maximum absolute atomic E-state index is 13.5. The lowest BCUT2D eigenvalue weighted by atomic mass is 10.2. The number of halogens is 4. The van der Waals surface area contributed by atoms with E-state index in [0.717, 1.165) is 12.1 Å². The molecule has 21 heavy (non-hydrogen) atoms. The molecule has 1 heterocycles. The van der Waals surface area contributed by atoms with Gasteiger partial charge in [0.2, 0.25) is 0 Å². The second kappa shape index (κ2) is 5.35. The molecule has 0 saturated carbocycles. The lowest BCUT2D eigenvalue weighted by Gasteiger charge is -2.09. The van der Waals surface area contributed by atoms with Crippen molar-refractivity contribution in [2.24, 2.45) is 0 Å². The molecular formula is C12H6F4N2O3. The van der Waals surface area contributed by atoms with Crippen molar-refractivity contribution in [2.75, 3.05) is 0 Å². The molecule has 5 nitrogen and oxygen atoms in total. The first-order valence-corrected chi connectivity index (χ1v) is 5.42. The smallest absolute Gasteiger partial charge is 0.417 e. The summed E-state index contributed by atoms with van der Waals surface area (Å²) in [6.07, 6.45) is -4.27. The zero-order chi connectivity index (χ0) is 15.6. The van der Waals surface area contributed by atoms with Gasteiger partial charge in [0.25, 0.3) is 11.6 Å². The fourth-order valence-corrected chi connectivity index (χ4v) is 1.40. The summed E-state index contributed by atoms with van der Waals surface area (Å²) in [4.78, 5) is 13.1. The highest BCUT2D eigenvalue weighted by Gasteiger charge is 2.32. The second-order valence-electron chi connectivity index (χ2n) is 3.86. The van der Waals surface area contributed by atoms with Crippen LogP contribution in [0.2, 0.25) is 0 Å². The molecule has 2 rings (SSSR count). The van der Waals surface area contributed by atoms with Crippen LogP contribution in [0.15, 0.2) is 36.5 Å². The van der Waals surface area contributed by atoms with Crippen LogP contribution < -0.4 is 4.74 Å². The Morgan fingerprint density at radius 3 is 2.29 bits per heavy atom. The quantitative estimate of drug-likeness (QED) is 0.489. The molecule has 2 aromatic rings. The molecule has 0 aliphatic rings. The predicted octanol–water partition coefficient (Wildman–Crippen LogP) is 3.94. The van der Waals surface area contributed by atoms with Crippen LogP contribution in [-0.2, 0) is 6.18 Å². The summed E-state index contributed by atoms with van der Waals surface area (Å²) in [5.41, 5.74) is -1.45. The van der Waals surface area contributed by atoms with Crippen LogP contribution in [0, 0.1) is 15.9 Å². The molecule has 0 unspecified atom stereocenters. The van der Waals surface area contributed by atoms with Crippen molar-refractivity contribution < 1.29 is 27.2 Å². The minimum atomic E-state index is -4.71. The third-order valence-electron chi connectivity index (χ3n) is 2.40. The Bertz CT molecular complexity index is 671. The van der Waals surface area contributed by atoms with Crippen molar-refractivity contribution in [3.63, 3.8) is 0 Å². The number of nitrogens with zero attached hydrogens (tertiary/aromatic N) is 2. The number of benzene rings is 1. The highest BCUT2D eigenvalue weighted by molar-refractivity contribution is 5.38. The SMILES string of the molecule is O=[N+]([O-])c1ccc(Oc2ncc(C(F)(F)F)cc2F)cc1. The summed E-state index contributed by atoms with van der Waals surface area (Å²) in [7, 11) is 0. The number of pyridine rings is 1. The molecule has 1 aromatic carbocycles. The van der Waals surface area contributed by atoms with Crippen molar-refractivity contribution in [1.29, 1.82) is 0 Å². The number of nitro groups is 1. The number of hydrogen-bond acceptors (Lipinski definition) is 4. The van der Waals surface area contributed by atoms with Gasteiger partial charge >= 0.3 is 6.18 Å². The third kappa shape index (κ3) is 3.44. The van der Waals surface area contributed by atoms with Gasteiger partial charge in [0.1, 0.15) is 5.75 Å². The van der Waals surface area contributed by atoms with Crippen LogP contribution in [-0.4, -0.2) is 9.91 Å². The fourth-order valence-electron chi connectivity index (χ4n) is 1.40. The minimum absolute atomic E-state index is 0.00626. The first-order chi connectivity index (χ1) is 9.77. The monoisotopic (exact) mass is 302 g/mol. The number of ether oxygens (including phenoxy) is 1. The molecule has 110 valence electrons. The normalized spacial score (nSPS) is 11.2. The van der Waals surface area contributed by atoms with Crippen LogP contribution in [0.1, 0.15) is 5.56 Å². The standard InChI is InChI=1S/C12H6F4N2O3/c13-10-5-7(12(14,15)16)6-17-11(10)21-9-3-1-8(2-4-9)18(19)20/h1-6H. The molecule has 9 heteroatoms. The van der Waals surface area contributed by atoms with Crippen molar-refractivity contribution >= 4 is 5.69 Å². The van der Waals surface area contributed by atoms with Crippen molar-refractivity contribution in [2.45, 2.75) is 6.18 Å². The Hall–Kier alpha value is -2.71. The van der Waals surface area contributed by atoms with Crippen molar-refractivity contribution in [3.8, 4) is 11.6 Å². The van der Waals surface area contributed by atoms with Crippen LogP contribution in [0.4, 0.5) is 23.2 Å². The zero-order valence-corrected chi connectivity index (χ0v) is 10.1. The number of aromatic nitrogens is 1. The van der Waals surface area contributed by atoms with Crippen molar-refractivity contribution in [1.82, 2.24) is 4.98 Å². The Morgan fingerprint density at radius 1 is 1.19 bits per heavy atom. The van der Waals surface area contributed by atoms with Gasteiger partial charge in [0.05, 0.1) is 10.5 Å². The predicted molar refractivity (Wildman–Crippen MR) is 62.4 cm³/mol. The van der Waals surface area contributed by atoms with E-state index in [-0.39, 0.29) is 17.5 Å². The number of hydrogen-bond donors (Lipinski definition) is 0. The van der Waals surface area contributed by atoms with Crippen LogP contribution in [0.25, 0.3) is 0 Å². The van der Waals surface area contributed by atoms with Gasteiger partial charge in [-0.25, -0.2) is 9.37 Å². The lowest BCUT2D eigenvalue weighted by molar-refractivity contribution is -0.384. The minimum Gasteiger partial charge on any atom is -0.436 e. The Labute approximate surface area is 115 Å². The largest absolute Gasteiger partial charge is 0.436 e. The number of nitro benzene ring substituents is 1. The topological polar surface area (TPSA) is 65.3 Å². The van der Waals surface area contributed by atoms with Gasteiger partial charge in [-0.1, -0.05) is 0 Å². The molecule has 0 spiro atoms. The summed E-state index contributed by atoms with van der Waals surface area (Å²) >= 11 is 0. The van der Waals surface area contributed by atoms with Gasteiger partial charge in [0.15, 0.2) is 5.82 Å². The summed E-state index contributed by atoms with van der Waals surface area (Å²) in [5, 5.41) is 10.4. The van der Waals surface area contributed by atoms with E-state index in [1.807, 2.05) is 0 Å². The molecular weight excluding hydrogens is 296 g/mol. The molecule has 0 saturated heterocycles. The molecule has 0 bridgehead atoms. The van der Waals surface area contributed by atoms with Gasteiger partial charge in [-0.3, -0.25) is 10.1 Å². The maximum Gasteiger partial charge on any atom is 0.417 e. The fraction of sp³-hybridized carbons (Fsp3) is 0.0833. The maximum atomic E-state index is 13.5. The zero-order valence-electron chi connectivity index (χ0n) is 10.1. The van der Waals surface area contributed by atoms with Crippen molar-refractivity contribution in [3.05, 3.63) is 58.0 Å². The van der Waals surface area contributed by atoms with Crippen LogP contribution in [0.5, 0.6) is 11.6 Å². The molecule has 0 aliphatic heterocycles. The Kier molecular flexibility index (Phi) is 3.74. The van der Waals surface area contributed by atoms with Gasteiger partial charge in [-0.05, 0) is 18.2 Å². The first kappa shape index (κ1) is 14.7. The average molecular weight is 302 g/mol. The van der Waals surface area contributed by atoms with Gasteiger partial charge < -0.3 is 4.74 Å². The average Bonchev–Trinajstić information content (AvgIpc) is 2.40. The van der Waals surface area contributed by atoms with E-state index in [2.05, 4.69) is 4.98 Å². The second-order valence-corrected chi connectivity index (χ2v) is 3.86.